The Hall–Kier alpha value is -4.61. The van der Waals surface area contributed by atoms with E-state index < -0.39 is 18.8 Å². The van der Waals surface area contributed by atoms with Gasteiger partial charge < -0.3 is 20.5 Å². The minimum absolute atomic E-state index is 0.250. The number of carbonyl (C=O) groups is 2. The average molecular weight is 487 g/mol. The molecule has 4 rings (SSSR count). The first kappa shape index (κ1) is 25.0. The molecule has 1 aromatic carbocycles. The van der Waals surface area contributed by atoms with Gasteiger partial charge in [-0.3, -0.25) is 9.20 Å². The first-order chi connectivity index (χ1) is 16.8. The quantitative estimate of drug-likeness (QED) is 0.358. The van der Waals surface area contributed by atoms with Crippen molar-refractivity contribution in [2.75, 3.05) is 19.0 Å². The molecular weight excluding hydrogens is 467 g/mol. The van der Waals surface area contributed by atoms with Gasteiger partial charge in [0.1, 0.15) is 12.2 Å². The first-order valence-corrected chi connectivity index (χ1v) is 10.0. The summed E-state index contributed by atoms with van der Waals surface area (Å²) in [6, 6.07) is 13.4. The average Bonchev–Trinajstić information content (AvgIpc) is 3.26. The Morgan fingerprint density at radius 1 is 1.14 bits per heavy atom. The van der Waals surface area contributed by atoms with E-state index in [1.54, 1.807) is 43.0 Å². The molecule has 3 N–H and O–H groups in total. The number of hydrogen-bond donors (Lipinski definition) is 3. The van der Waals surface area contributed by atoms with Gasteiger partial charge in [-0.2, -0.15) is 13.2 Å². The summed E-state index contributed by atoms with van der Waals surface area (Å²) in [6.45, 7) is -1.66. The number of nitrogens with one attached hydrogen (secondary N) is 2. The van der Waals surface area contributed by atoms with Crippen LogP contribution in [0.3, 0.4) is 0 Å². The van der Waals surface area contributed by atoms with Crippen LogP contribution in [0.25, 0.3) is 28.0 Å². The molecule has 3 heterocycles. The van der Waals surface area contributed by atoms with Crippen LogP contribution in [0.1, 0.15) is 0 Å². The lowest BCUT2D eigenvalue weighted by Crippen LogP contribution is -2.36. The third-order valence-electron chi connectivity index (χ3n) is 4.65. The molecule has 0 aliphatic heterocycles. The number of urea groups is 1. The molecule has 0 bridgehead atoms. The lowest BCUT2D eigenvalue weighted by Gasteiger charge is -2.11. The molecule has 12 heteroatoms. The van der Waals surface area contributed by atoms with Gasteiger partial charge in [-0.25, -0.2) is 14.8 Å². The van der Waals surface area contributed by atoms with E-state index in [-0.39, 0.29) is 6.47 Å². The van der Waals surface area contributed by atoms with Crippen molar-refractivity contribution in [3.8, 4) is 28.3 Å². The van der Waals surface area contributed by atoms with E-state index in [1.165, 1.54) is 0 Å². The van der Waals surface area contributed by atoms with Crippen molar-refractivity contribution in [1.29, 1.82) is 0 Å². The molecule has 4 aromatic rings. The summed E-state index contributed by atoms with van der Waals surface area (Å²) in [5.41, 5.74) is 4.25. The molecule has 0 saturated carbocycles. The number of pyridine rings is 2. The summed E-state index contributed by atoms with van der Waals surface area (Å²) in [6.07, 6.45) is 0.714. The highest BCUT2D eigenvalue weighted by Crippen LogP contribution is 2.30. The second-order valence-corrected chi connectivity index (χ2v) is 6.96. The van der Waals surface area contributed by atoms with Gasteiger partial charge in [-0.05, 0) is 42.0 Å². The number of carboxylic acid groups (broad SMARTS) is 1. The normalized spacial score (nSPS) is 10.7. The summed E-state index contributed by atoms with van der Waals surface area (Å²) in [5.74, 6) is 0.506. The molecular formula is C23H20F3N5O4. The number of carbonyl (C=O) groups excluding carboxylic acids is 1. The van der Waals surface area contributed by atoms with Gasteiger partial charge in [0.2, 0.25) is 5.88 Å². The fourth-order valence-corrected chi connectivity index (χ4v) is 3.25. The maximum absolute atomic E-state index is 12.3. The van der Waals surface area contributed by atoms with Gasteiger partial charge >= 0.3 is 12.2 Å². The Balaban J connectivity index is 0.00000108. The number of imidazole rings is 1. The van der Waals surface area contributed by atoms with E-state index >= 15 is 0 Å². The standard InChI is InChI=1S/C22H18F3N5O2.CH2O2/c1-32-20-17(6-3-8-26-20)14-7-9-30-18(12-27-19(30)11-14)15-4-2-5-16(10-15)29-21(31)28-13-22(23,24)25;2-1-3/h2-12H,13H2,1H3,(H2,28,29,31);1H,(H,2,3). The van der Waals surface area contributed by atoms with Crippen molar-refractivity contribution >= 4 is 23.8 Å². The van der Waals surface area contributed by atoms with Gasteiger partial charge in [0.15, 0.2) is 0 Å². The van der Waals surface area contributed by atoms with Crippen molar-refractivity contribution in [3.05, 3.63) is 67.1 Å². The summed E-state index contributed by atoms with van der Waals surface area (Å²) in [4.78, 5) is 28.8. The molecule has 0 unspecified atom stereocenters. The van der Waals surface area contributed by atoms with E-state index in [9.17, 15) is 18.0 Å². The number of alkyl halides is 3. The number of anilines is 1. The molecule has 0 spiro atoms. The molecule has 0 saturated heterocycles. The summed E-state index contributed by atoms with van der Waals surface area (Å²) >= 11 is 0. The van der Waals surface area contributed by atoms with Gasteiger partial charge in [-0.1, -0.05) is 12.1 Å². The second-order valence-electron chi connectivity index (χ2n) is 6.96. The zero-order valence-corrected chi connectivity index (χ0v) is 18.3. The molecule has 0 atom stereocenters. The van der Waals surface area contributed by atoms with Crippen molar-refractivity contribution < 1.29 is 32.6 Å². The molecule has 0 fully saturated rings. The highest BCUT2D eigenvalue weighted by molar-refractivity contribution is 5.90. The monoisotopic (exact) mass is 487 g/mol. The van der Waals surface area contributed by atoms with Crippen molar-refractivity contribution in [2.24, 2.45) is 0 Å². The van der Waals surface area contributed by atoms with Gasteiger partial charge in [0, 0.05) is 29.2 Å². The van der Waals surface area contributed by atoms with Crippen molar-refractivity contribution in [1.82, 2.24) is 19.7 Å². The number of aromatic nitrogens is 3. The Morgan fingerprint density at radius 3 is 2.63 bits per heavy atom. The molecule has 35 heavy (non-hydrogen) atoms. The van der Waals surface area contributed by atoms with Crippen LogP contribution in [-0.4, -0.2) is 51.8 Å². The Kier molecular flexibility index (Phi) is 7.87. The number of fused-ring (bicyclic) bond motifs is 1. The topological polar surface area (TPSA) is 118 Å². The van der Waals surface area contributed by atoms with Crippen molar-refractivity contribution in [3.63, 3.8) is 0 Å². The minimum atomic E-state index is -4.48. The number of amides is 2. The second kappa shape index (κ2) is 11.0. The Labute approximate surface area is 197 Å². The molecule has 9 nitrogen and oxygen atoms in total. The third-order valence-corrected chi connectivity index (χ3v) is 4.65. The summed E-state index contributed by atoms with van der Waals surface area (Å²) in [7, 11) is 1.56. The van der Waals surface area contributed by atoms with Gasteiger partial charge in [0.05, 0.1) is 19.0 Å². The molecule has 182 valence electrons. The van der Waals surface area contributed by atoms with Crippen LogP contribution in [0.4, 0.5) is 23.7 Å². The summed E-state index contributed by atoms with van der Waals surface area (Å²) < 4.78 is 44.0. The van der Waals surface area contributed by atoms with E-state index in [0.29, 0.717) is 17.2 Å². The smallest absolute Gasteiger partial charge is 0.405 e. The third kappa shape index (κ3) is 6.47. The number of rotatable bonds is 5. The van der Waals surface area contributed by atoms with Crippen LogP contribution >= 0.6 is 0 Å². The zero-order chi connectivity index (χ0) is 25.4. The maximum atomic E-state index is 12.3. The number of nitrogens with zero attached hydrogens (tertiary/aromatic N) is 3. The first-order valence-electron chi connectivity index (χ1n) is 10.0. The number of benzene rings is 1. The fourth-order valence-electron chi connectivity index (χ4n) is 3.25. The van der Waals surface area contributed by atoms with Gasteiger partial charge in [-0.15, -0.1) is 0 Å². The highest BCUT2D eigenvalue weighted by Gasteiger charge is 2.27. The van der Waals surface area contributed by atoms with E-state index in [1.807, 2.05) is 40.9 Å². The van der Waals surface area contributed by atoms with Crippen LogP contribution in [0.15, 0.2) is 67.1 Å². The number of halogens is 3. The largest absolute Gasteiger partial charge is 0.483 e. The number of ether oxygens (including phenoxy) is 1. The lowest BCUT2D eigenvalue weighted by atomic mass is 10.1. The molecule has 0 aliphatic carbocycles. The predicted octanol–water partition coefficient (Wildman–Crippen LogP) is 4.46. The molecule has 2 amide bonds. The summed E-state index contributed by atoms with van der Waals surface area (Å²) in [5, 5.41) is 11.1. The predicted molar refractivity (Wildman–Crippen MR) is 122 cm³/mol. The highest BCUT2D eigenvalue weighted by atomic mass is 19.4. The molecule has 0 aliphatic rings. The van der Waals surface area contributed by atoms with E-state index in [4.69, 9.17) is 14.6 Å². The van der Waals surface area contributed by atoms with Crippen LogP contribution in [0.2, 0.25) is 0 Å². The zero-order valence-electron chi connectivity index (χ0n) is 18.3. The number of hydrogen-bond acceptors (Lipinski definition) is 5. The van der Waals surface area contributed by atoms with Gasteiger partial charge in [0.25, 0.3) is 6.47 Å². The van der Waals surface area contributed by atoms with Crippen LogP contribution < -0.4 is 15.4 Å². The maximum Gasteiger partial charge on any atom is 0.405 e. The van der Waals surface area contributed by atoms with Crippen molar-refractivity contribution in [2.45, 2.75) is 6.18 Å². The number of methoxy groups -OCH3 is 1. The molecule has 0 radical (unpaired) electrons. The van der Waals surface area contributed by atoms with E-state index in [0.717, 1.165) is 22.4 Å². The molecule has 3 aromatic heterocycles. The van der Waals surface area contributed by atoms with E-state index in [2.05, 4.69) is 15.3 Å². The SMILES string of the molecule is COc1ncccc1-c1ccn2c(-c3cccc(NC(=O)NCC(F)(F)F)c3)cnc2c1.O=CO. The van der Waals surface area contributed by atoms with Crippen LogP contribution in [0.5, 0.6) is 5.88 Å². The Morgan fingerprint density at radius 2 is 1.91 bits per heavy atom. The Bertz CT molecular complexity index is 1320. The minimum Gasteiger partial charge on any atom is -0.483 e. The van der Waals surface area contributed by atoms with Crippen LogP contribution in [0, 0.1) is 0 Å². The fraction of sp³-hybridized carbons (Fsp3) is 0.130. The lowest BCUT2D eigenvalue weighted by molar-refractivity contribution is -0.123. The van der Waals surface area contributed by atoms with Crippen LogP contribution in [-0.2, 0) is 4.79 Å².